The Kier molecular flexibility index (Phi) is 6.66. The molecule has 0 spiro atoms. The molecule has 0 saturated carbocycles. The molecular weight excluding hydrogens is 472 g/mol. The Morgan fingerprint density at radius 3 is 2.94 bits per heavy atom. The number of hydrogen-bond acceptors (Lipinski definition) is 8. The summed E-state index contributed by atoms with van der Waals surface area (Å²) in [4.78, 5) is 23.2. The topological polar surface area (TPSA) is 97.8 Å². The van der Waals surface area contributed by atoms with Crippen molar-refractivity contribution in [3.05, 3.63) is 59.8 Å². The molecule has 1 saturated heterocycles. The summed E-state index contributed by atoms with van der Waals surface area (Å²) >= 11 is 0. The number of hydrogen-bond donors (Lipinski definition) is 2. The van der Waals surface area contributed by atoms with Crippen LogP contribution in [0.25, 0.3) is 11.3 Å². The minimum absolute atomic E-state index is 0.0411. The number of amides is 1. The van der Waals surface area contributed by atoms with Gasteiger partial charge < -0.3 is 24.8 Å². The van der Waals surface area contributed by atoms with Gasteiger partial charge in [0.05, 0.1) is 32.2 Å². The molecule has 1 fully saturated rings. The lowest BCUT2D eigenvalue weighted by Crippen LogP contribution is -2.45. The maximum Gasteiger partial charge on any atom is 0.287 e. The normalized spacial score (nSPS) is 19.7. The molecule has 2 aromatic carbocycles. The fourth-order valence-electron chi connectivity index (χ4n) is 4.23. The van der Waals surface area contributed by atoms with Crippen molar-refractivity contribution in [2.45, 2.75) is 25.7 Å². The summed E-state index contributed by atoms with van der Waals surface area (Å²) in [5.74, 6) is -1.10. The highest BCUT2D eigenvalue weighted by atomic mass is 19.1. The summed E-state index contributed by atoms with van der Waals surface area (Å²) in [6, 6.07) is 9.50. The maximum absolute atomic E-state index is 14.6. The molecule has 2 aliphatic heterocycles. The Balaban J connectivity index is 1.40. The van der Waals surface area contributed by atoms with Crippen LogP contribution in [0.15, 0.2) is 42.6 Å². The molecule has 2 N–H and O–H groups in total. The van der Waals surface area contributed by atoms with Gasteiger partial charge in [0.15, 0.2) is 11.6 Å². The third-order valence-electron chi connectivity index (χ3n) is 6.13. The van der Waals surface area contributed by atoms with Crippen LogP contribution in [0, 0.1) is 11.6 Å². The fourth-order valence-corrected chi connectivity index (χ4v) is 4.23. The predicted octanol–water partition coefficient (Wildman–Crippen LogP) is 3.42. The van der Waals surface area contributed by atoms with Gasteiger partial charge in [-0.3, -0.25) is 9.69 Å². The number of carbonyl (C=O) groups excluding carboxylic acids is 1. The Labute approximate surface area is 206 Å². The van der Waals surface area contributed by atoms with E-state index in [2.05, 4.69) is 32.4 Å². The molecule has 2 unspecified atom stereocenters. The second kappa shape index (κ2) is 10.0. The predicted molar refractivity (Wildman–Crippen MR) is 128 cm³/mol. The van der Waals surface area contributed by atoms with E-state index in [-0.39, 0.29) is 29.0 Å². The monoisotopic (exact) mass is 497 g/mol. The second-order valence-corrected chi connectivity index (χ2v) is 8.55. The van der Waals surface area contributed by atoms with Gasteiger partial charge in [-0.25, -0.2) is 18.7 Å². The summed E-state index contributed by atoms with van der Waals surface area (Å²) in [5, 5.41) is 5.67. The average Bonchev–Trinajstić information content (AvgIpc) is 2.87. The van der Waals surface area contributed by atoms with Crippen LogP contribution in [-0.2, 0) is 16.1 Å². The molecule has 0 aliphatic carbocycles. The fraction of sp³-hybridized carbons (Fsp3) is 0.320. The molecule has 11 heteroatoms. The van der Waals surface area contributed by atoms with Gasteiger partial charge in [0, 0.05) is 36.3 Å². The van der Waals surface area contributed by atoms with Crippen LogP contribution in [0.3, 0.4) is 0 Å². The maximum atomic E-state index is 14.6. The van der Waals surface area contributed by atoms with Gasteiger partial charge in [-0.05, 0) is 25.1 Å². The minimum atomic E-state index is -1.16. The van der Waals surface area contributed by atoms with Crippen LogP contribution in [0.4, 0.5) is 20.4 Å². The number of halogens is 2. The number of nitrogens with one attached hydrogen (secondary N) is 2. The zero-order valence-corrected chi connectivity index (χ0v) is 19.8. The SMILES string of the molecule is COc1cc(F)ccc1-c1nc(NC2Oc3c(CN4CCOCC4C)cccc3NC2=O)ncc1F. The van der Waals surface area contributed by atoms with Crippen LogP contribution < -0.4 is 20.1 Å². The lowest BCUT2D eigenvalue weighted by Gasteiger charge is -2.34. The first-order valence-electron chi connectivity index (χ1n) is 11.5. The average molecular weight is 498 g/mol. The van der Waals surface area contributed by atoms with E-state index in [9.17, 15) is 13.6 Å². The largest absolute Gasteiger partial charge is 0.496 e. The van der Waals surface area contributed by atoms with Crippen LogP contribution >= 0.6 is 0 Å². The lowest BCUT2D eigenvalue weighted by molar-refractivity contribution is -0.122. The van der Waals surface area contributed by atoms with Crippen LogP contribution in [0.5, 0.6) is 11.5 Å². The zero-order valence-electron chi connectivity index (χ0n) is 19.8. The van der Waals surface area contributed by atoms with E-state index in [1.54, 1.807) is 6.07 Å². The molecule has 3 heterocycles. The summed E-state index contributed by atoms with van der Waals surface area (Å²) in [6.45, 7) is 4.82. The molecule has 1 amide bonds. The Bertz CT molecular complexity index is 1290. The first-order chi connectivity index (χ1) is 17.4. The lowest BCUT2D eigenvalue weighted by atomic mass is 10.1. The highest BCUT2D eigenvalue weighted by Crippen LogP contribution is 2.35. The minimum Gasteiger partial charge on any atom is -0.496 e. The number of morpholine rings is 1. The number of ether oxygens (including phenoxy) is 3. The quantitative estimate of drug-likeness (QED) is 0.535. The molecule has 9 nitrogen and oxygen atoms in total. The Morgan fingerprint density at radius 2 is 2.14 bits per heavy atom. The molecule has 36 heavy (non-hydrogen) atoms. The molecule has 3 aromatic rings. The van der Waals surface area contributed by atoms with Crippen LogP contribution in [0.2, 0.25) is 0 Å². The molecule has 0 radical (unpaired) electrons. The van der Waals surface area contributed by atoms with E-state index >= 15 is 0 Å². The molecule has 5 rings (SSSR count). The van der Waals surface area contributed by atoms with Gasteiger partial charge in [-0.15, -0.1) is 0 Å². The van der Waals surface area contributed by atoms with Crippen molar-refractivity contribution in [1.29, 1.82) is 0 Å². The number of benzene rings is 2. The first kappa shape index (κ1) is 23.9. The molecule has 2 atom stereocenters. The number of anilines is 2. The highest BCUT2D eigenvalue weighted by Gasteiger charge is 2.31. The third kappa shape index (κ3) is 4.79. The van der Waals surface area contributed by atoms with Crippen molar-refractivity contribution < 1.29 is 27.8 Å². The van der Waals surface area contributed by atoms with E-state index in [0.29, 0.717) is 31.2 Å². The highest BCUT2D eigenvalue weighted by molar-refractivity contribution is 5.99. The molecule has 188 valence electrons. The number of fused-ring (bicyclic) bond motifs is 1. The number of aromatic nitrogens is 2. The first-order valence-corrected chi connectivity index (χ1v) is 11.5. The summed E-state index contributed by atoms with van der Waals surface area (Å²) in [5.41, 5.74) is 1.60. The summed E-state index contributed by atoms with van der Waals surface area (Å²) in [6.07, 6.45) is -0.192. The van der Waals surface area contributed by atoms with E-state index in [0.717, 1.165) is 24.4 Å². The van der Waals surface area contributed by atoms with E-state index in [1.807, 2.05) is 12.1 Å². The number of rotatable bonds is 6. The van der Waals surface area contributed by atoms with Crippen LogP contribution in [-0.4, -0.2) is 59.9 Å². The van der Waals surface area contributed by atoms with Crippen molar-refractivity contribution in [3.63, 3.8) is 0 Å². The molecule has 0 bridgehead atoms. The smallest absolute Gasteiger partial charge is 0.287 e. The third-order valence-corrected chi connectivity index (χ3v) is 6.13. The van der Waals surface area contributed by atoms with Crippen LogP contribution in [0.1, 0.15) is 12.5 Å². The van der Waals surface area contributed by atoms with Crippen molar-refractivity contribution in [2.75, 3.05) is 37.5 Å². The van der Waals surface area contributed by atoms with Crippen molar-refractivity contribution in [1.82, 2.24) is 14.9 Å². The standard InChI is InChI=1S/C25H25F2N5O4/c1-14-13-35-9-8-32(14)12-15-4-3-5-19-22(15)36-24(23(33)29-19)31-25-28-11-18(27)21(30-25)17-7-6-16(26)10-20(17)34-2/h3-7,10-11,14,24H,8-9,12-13H2,1-2H3,(H,29,33)(H,28,30,31). The summed E-state index contributed by atoms with van der Waals surface area (Å²) in [7, 11) is 1.35. The molecule has 1 aromatic heterocycles. The van der Waals surface area contributed by atoms with E-state index in [1.165, 1.54) is 19.2 Å². The van der Waals surface area contributed by atoms with Gasteiger partial charge in [0.25, 0.3) is 12.1 Å². The Morgan fingerprint density at radius 1 is 1.28 bits per heavy atom. The number of para-hydroxylation sites is 1. The second-order valence-electron chi connectivity index (χ2n) is 8.55. The number of carbonyl (C=O) groups is 1. The van der Waals surface area contributed by atoms with Gasteiger partial charge in [0.1, 0.15) is 17.3 Å². The number of nitrogens with zero attached hydrogens (tertiary/aromatic N) is 3. The van der Waals surface area contributed by atoms with Crippen molar-refractivity contribution in [2.24, 2.45) is 0 Å². The van der Waals surface area contributed by atoms with Crippen molar-refractivity contribution in [3.8, 4) is 22.8 Å². The Hall–Kier alpha value is -3.83. The van der Waals surface area contributed by atoms with Gasteiger partial charge in [0.2, 0.25) is 5.95 Å². The van der Waals surface area contributed by atoms with Gasteiger partial charge in [-0.2, -0.15) is 0 Å². The van der Waals surface area contributed by atoms with E-state index in [4.69, 9.17) is 14.2 Å². The van der Waals surface area contributed by atoms with Gasteiger partial charge >= 0.3 is 0 Å². The zero-order chi connectivity index (χ0) is 25.2. The number of methoxy groups -OCH3 is 1. The van der Waals surface area contributed by atoms with Crippen molar-refractivity contribution >= 4 is 17.5 Å². The molecule has 2 aliphatic rings. The molecular formula is C25H25F2N5O4. The summed E-state index contributed by atoms with van der Waals surface area (Å²) < 4.78 is 45.0. The van der Waals surface area contributed by atoms with Gasteiger partial charge in [-0.1, -0.05) is 12.1 Å². The van der Waals surface area contributed by atoms with E-state index < -0.39 is 23.8 Å².